The van der Waals surface area contributed by atoms with E-state index in [-0.39, 0.29) is 41.4 Å². The number of phenols is 1. The van der Waals surface area contributed by atoms with Gasteiger partial charge in [0.15, 0.2) is 17.3 Å². The molecule has 4 amide bonds. The number of allylic oxidation sites excluding steroid dienone is 2. The summed E-state index contributed by atoms with van der Waals surface area (Å²) in [5, 5.41) is 13.3. The molecule has 5 aromatic rings. The average molecular weight is 875 g/mol. The van der Waals surface area contributed by atoms with Gasteiger partial charge in [-0.3, -0.25) is 34.3 Å². The van der Waals surface area contributed by atoms with E-state index in [0.29, 0.717) is 37.4 Å². The molecule has 9 rings (SSSR count). The minimum Gasteiger partial charge on any atom is -0.504 e. The van der Waals surface area contributed by atoms with Gasteiger partial charge >= 0.3 is 0 Å². The Morgan fingerprint density at radius 2 is 1.54 bits per heavy atom. The minimum absolute atomic E-state index is 0.00156. The summed E-state index contributed by atoms with van der Waals surface area (Å²) in [6, 6.07) is 30.2. The standard InChI is InChI=1S/C46H34BrClFN3O7/c1-59-37-22-27(47)21-35(41(37)54)39-32-19-20-33-38(44(57)51(42(33)55)31-17-7-25(8-18-31)40(53)24-5-3-2-4-6-24)34(32)23-36-43(56)52(50-30-15-13-29(49)14-16-30)45(58)46(36,39)26-9-11-28(48)12-10-26/h2-19,21-22,33-34,36,38-39,50,54H,20,23H2,1H3. The van der Waals surface area contributed by atoms with E-state index >= 15 is 4.79 Å². The van der Waals surface area contributed by atoms with E-state index in [0.717, 1.165) is 9.91 Å². The molecule has 2 N–H and O–H groups in total. The van der Waals surface area contributed by atoms with Gasteiger partial charge in [-0.05, 0) is 97.1 Å². The molecule has 0 spiro atoms. The number of benzene rings is 5. The van der Waals surface area contributed by atoms with Crippen LogP contribution in [0.3, 0.4) is 0 Å². The molecule has 2 heterocycles. The molecule has 4 aliphatic rings. The number of imide groups is 2. The summed E-state index contributed by atoms with van der Waals surface area (Å²) in [6.07, 6.45) is 2.02. The van der Waals surface area contributed by atoms with Crippen LogP contribution in [0.1, 0.15) is 45.8 Å². The molecule has 1 saturated carbocycles. The molecule has 0 aromatic heterocycles. The molecule has 296 valence electrons. The Balaban J connectivity index is 1.18. The number of methoxy groups -OCH3 is 1. The summed E-state index contributed by atoms with van der Waals surface area (Å²) in [4.78, 5) is 73.8. The van der Waals surface area contributed by atoms with Crippen LogP contribution in [0.15, 0.2) is 131 Å². The van der Waals surface area contributed by atoms with Gasteiger partial charge in [-0.15, -0.1) is 0 Å². The summed E-state index contributed by atoms with van der Waals surface area (Å²) in [7, 11) is 1.40. The van der Waals surface area contributed by atoms with Crippen molar-refractivity contribution in [2.45, 2.75) is 24.2 Å². The van der Waals surface area contributed by atoms with Crippen molar-refractivity contribution in [3.8, 4) is 11.5 Å². The largest absolute Gasteiger partial charge is 0.504 e. The number of anilines is 2. The predicted molar refractivity (Wildman–Crippen MR) is 220 cm³/mol. The van der Waals surface area contributed by atoms with Crippen molar-refractivity contribution in [1.29, 1.82) is 0 Å². The quantitative estimate of drug-likeness (QED) is 0.0903. The van der Waals surface area contributed by atoms with Crippen LogP contribution >= 0.6 is 27.5 Å². The predicted octanol–water partition coefficient (Wildman–Crippen LogP) is 8.38. The van der Waals surface area contributed by atoms with Gasteiger partial charge in [0.2, 0.25) is 11.8 Å². The van der Waals surface area contributed by atoms with E-state index in [2.05, 4.69) is 21.4 Å². The molecular formula is C46H34BrClFN3O7. The van der Waals surface area contributed by atoms with Gasteiger partial charge in [-0.2, -0.15) is 5.01 Å². The smallest absolute Gasteiger partial charge is 0.260 e. The Bertz CT molecular complexity index is 2600. The van der Waals surface area contributed by atoms with Crippen molar-refractivity contribution < 1.29 is 38.2 Å². The Hall–Kier alpha value is -6.11. The molecule has 2 aliphatic heterocycles. The number of rotatable bonds is 8. The first-order valence-electron chi connectivity index (χ1n) is 18.9. The molecule has 6 unspecified atom stereocenters. The summed E-state index contributed by atoms with van der Waals surface area (Å²) in [5.41, 5.74) is 4.01. The maximum atomic E-state index is 15.4. The molecule has 10 nitrogen and oxygen atoms in total. The van der Waals surface area contributed by atoms with Crippen LogP contribution in [-0.2, 0) is 24.6 Å². The van der Waals surface area contributed by atoms with Crippen LogP contribution in [0.4, 0.5) is 15.8 Å². The van der Waals surface area contributed by atoms with E-state index in [9.17, 15) is 28.7 Å². The molecule has 2 saturated heterocycles. The molecule has 13 heteroatoms. The highest BCUT2D eigenvalue weighted by Crippen LogP contribution is 2.65. The number of hydrazine groups is 1. The number of halogens is 3. The first kappa shape index (κ1) is 38.4. The SMILES string of the molecule is COc1cc(Br)cc(C2C3=CCC4C(=O)N(c5ccc(C(=O)c6ccccc6)cc5)C(=O)C4C3CC3C(=O)N(Nc4ccc(F)cc4)C(=O)C32c2ccc(Cl)cc2)c1O. The van der Waals surface area contributed by atoms with Crippen LogP contribution < -0.4 is 15.1 Å². The number of nitrogens with one attached hydrogen (secondary N) is 1. The first-order chi connectivity index (χ1) is 28.4. The second-order valence-corrected chi connectivity index (χ2v) is 16.5. The Kier molecular flexibility index (Phi) is 9.51. The maximum Gasteiger partial charge on any atom is 0.260 e. The van der Waals surface area contributed by atoms with Crippen LogP contribution in [0.25, 0.3) is 0 Å². The highest BCUT2D eigenvalue weighted by Gasteiger charge is 2.70. The minimum atomic E-state index is -1.71. The Morgan fingerprint density at radius 3 is 2.22 bits per heavy atom. The van der Waals surface area contributed by atoms with Crippen LogP contribution in [0.5, 0.6) is 11.5 Å². The molecule has 3 fully saturated rings. The number of hydrogen-bond acceptors (Lipinski definition) is 8. The molecule has 6 atom stereocenters. The fourth-order valence-corrected chi connectivity index (χ4v) is 10.3. The Morgan fingerprint density at radius 1 is 0.864 bits per heavy atom. The number of aromatic hydroxyl groups is 1. The van der Waals surface area contributed by atoms with Crippen molar-refractivity contribution in [1.82, 2.24) is 5.01 Å². The van der Waals surface area contributed by atoms with Crippen LogP contribution in [-0.4, -0.2) is 46.6 Å². The van der Waals surface area contributed by atoms with Gasteiger partial charge in [0.05, 0.1) is 41.7 Å². The fraction of sp³-hybridized carbons (Fsp3) is 0.196. The number of ether oxygens (including phenoxy) is 1. The molecule has 2 aliphatic carbocycles. The number of amides is 4. The van der Waals surface area contributed by atoms with Crippen molar-refractivity contribution in [3.05, 3.63) is 164 Å². The highest BCUT2D eigenvalue weighted by atomic mass is 79.9. The number of hydrogen-bond donors (Lipinski definition) is 2. The lowest BCUT2D eigenvalue weighted by Crippen LogP contribution is -2.53. The highest BCUT2D eigenvalue weighted by molar-refractivity contribution is 9.10. The van der Waals surface area contributed by atoms with Gasteiger partial charge in [0, 0.05) is 32.1 Å². The molecule has 0 bridgehead atoms. The monoisotopic (exact) mass is 873 g/mol. The van der Waals surface area contributed by atoms with Crippen molar-refractivity contribution in [2.24, 2.45) is 23.7 Å². The zero-order valence-corrected chi connectivity index (χ0v) is 33.6. The number of fused-ring (bicyclic) bond motifs is 4. The topological polar surface area (TPSA) is 133 Å². The lowest BCUT2D eigenvalue weighted by Gasteiger charge is -2.50. The lowest BCUT2D eigenvalue weighted by molar-refractivity contribution is -0.138. The van der Waals surface area contributed by atoms with Gasteiger partial charge in [0.1, 0.15) is 5.82 Å². The normalized spacial score (nSPS) is 24.7. The fourth-order valence-electron chi connectivity index (χ4n) is 9.74. The van der Waals surface area contributed by atoms with Crippen LogP contribution in [0, 0.1) is 29.5 Å². The lowest BCUT2D eigenvalue weighted by atomic mass is 9.49. The molecule has 59 heavy (non-hydrogen) atoms. The number of carbonyl (C=O) groups is 5. The van der Waals surface area contributed by atoms with Crippen molar-refractivity contribution in [2.75, 3.05) is 17.4 Å². The van der Waals surface area contributed by atoms with E-state index in [1.165, 1.54) is 31.4 Å². The molecule has 0 radical (unpaired) electrons. The maximum absolute atomic E-state index is 15.4. The van der Waals surface area contributed by atoms with Crippen molar-refractivity contribution >= 4 is 68.3 Å². The summed E-state index contributed by atoms with van der Waals surface area (Å²) in [6.45, 7) is 0. The summed E-state index contributed by atoms with van der Waals surface area (Å²) in [5.74, 6) is -7.59. The number of nitrogens with zero attached hydrogens (tertiary/aromatic N) is 2. The van der Waals surface area contributed by atoms with E-state index in [1.54, 1.807) is 84.9 Å². The zero-order valence-electron chi connectivity index (χ0n) is 31.3. The third-order valence-electron chi connectivity index (χ3n) is 12.3. The Labute approximate surface area is 351 Å². The number of ketones is 1. The molecule has 5 aromatic carbocycles. The molecular weight excluding hydrogens is 841 g/mol. The summed E-state index contributed by atoms with van der Waals surface area (Å²) < 4.78 is 20.1. The average Bonchev–Trinajstić information content (AvgIpc) is 3.63. The second kappa shape index (κ2) is 14.6. The van der Waals surface area contributed by atoms with E-state index in [1.807, 2.05) is 12.1 Å². The zero-order chi connectivity index (χ0) is 41.3. The van der Waals surface area contributed by atoms with Crippen molar-refractivity contribution in [3.63, 3.8) is 0 Å². The van der Waals surface area contributed by atoms with Gasteiger partial charge in [-0.25, -0.2) is 4.39 Å². The van der Waals surface area contributed by atoms with E-state index in [4.69, 9.17) is 16.3 Å². The number of carbonyl (C=O) groups excluding carboxylic acids is 5. The van der Waals surface area contributed by atoms with E-state index < -0.39 is 64.5 Å². The van der Waals surface area contributed by atoms with Gasteiger partial charge < -0.3 is 9.84 Å². The third-order valence-corrected chi connectivity index (χ3v) is 13.0. The van der Waals surface area contributed by atoms with Gasteiger partial charge in [-0.1, -0.05) is 81.6 Å². The number of phenolic OH excluding ortho intramolecular Hbond substituents is 1. The summed E-state index contributed by atoms with van der Waals surface area (Å²) >= 11 is 9.94. The van der Waals surface area contributed by atoms with Crippen LogP contribution in [0.2, 0.25) is 5.02 Å². The van der Waals surface area contributed by atoms with Gasteiger partial charge in [0.25, 0.3) is 11.8 Å². The third kappa shape index (κ3) is 5.99. The first-order valence-corrected chi connectivity index (χ1v) is 20.1. The second-order valence-electron chi connectivity index (χ2n) is 15.2.